The fourth-order valence-electron chi connectivity index (χ4n) is 2.74. The van der Waals surface area contributed by atoms with Gasteiger partial charge in [-0.1, -0.05) is 36.0 Å². The smallest absolute Gasteiger partial charge is 0.310 e. The van der Waals surface area contributed by atoms with Crippen molar-refractivity contribution in [3.63, 3.8) is 0 Å². The van der Waals surface area contributed by atoms with Gasteiger partial charge in [0.05, 0.1) is 17.0 Å². The monoisotopic (exact) mass is 381 g/mol. The minimum atomic E-state index is -0.449. The van der Waals surface area contributed by atoms with Crippen LogP contribution in [0.2, 0.25) is 0 Å². The third kappa shape index (κ3) is 3.41. The van der Waals surface area contributed by atoms with E-state index >= 15 is 0 Å². The lowest BCUT2D eigenvalue weighted by Gasteiger charge is -2.08. The lowest BCUT2D eigenvalue weighted by molar-refractivity contribution is -0.385. The first-order valence-electron chi connectivity index (χ1n) is 8.24. The Morgan fingerprint density at radius 1 is 1.15 bits per heavy atom. The number of benzene rings is 2. The number of aromatic nitrogens is 4. The first kappa shape index (κ1) is 17.2. The van der Waals surface area contributed by atoms with Crippen LogP contribution in [0.25, 0.3) is 16.6 Å². The Morgan fingerprint density at radius 2 is 1.93 bits per heavy atom. The summed E-state index contributed by atoms with van der Waals surface area (Å²) in [6, 6.07) is 14.1. The number of thioether (sulfide) groups is 1. The zero-order valence-corrected chi connectivity index (χ0v) is 15.2. The molecule has 8 nitrogen and oxygen atoms in total. The normalized spacial score (nSPS) is 11.1. The Hall–Kier alpha value is -3.20. The van der Waals surface area contributed by atoms with Gasteiger partial charge in [-0.25, -0.2) is 9.97 Å². The fraction of sp³-hybridized carbons (Fsp3) is 0.167. The van der Waals surface area contributed by atoms with Gasteiger partial charge in [0.2, 0.25) is 0 Å². The molecule has 0 aliphatic heterocycles. The molecule has 0 saturated carbocycles. The minimum absolute atomic E-state index is 0.0411. The average Bonchev–Trinajstić information content (AvgIpc) is 3.07. The molecule has 136 valence electrons. The molecule has 0 radical (unpaired) electrons. The molecule has 0 atom stereocenters. The number of hydrogen-bond acceptors (Lipinski definition) is 7. The quantitative estimate of drug-likeness (QED) is 0.165. The molecule has 0 amide bonds. The second-order valence-electron chi connectivity index (χ2n) is 5.73. The molecule has 2 aromatic heterocycles. The molecule has 0 fully saturated rings. The van der Waals surface area contributed by atoms with Crippen LogP contribution >= 0.6 is 11.8 Å². The van der Waals surface area contributed by atoms with Crippen molar-refractivity contribution in [1.29, 1.82) is 0 Å². The SMILES string of the molecule is Cc1nc2c3ccccc3nc(SCCOc3ccccc3[N+](=O)[O-])n2n1. The zero-order valence-electron chi connectivity index (χ0n) is 14.4. The third-order valence-electron chi connectivity index (χ3n) is 3.89. The highest BCUT2D eigenvalue weighted by molar-refractivity contribution is 7.99. The molecular weight excluding hydrogens is 366 g/mol. The van der Waals surface area contributed by atoms with Crippen LogP contribution in [0.15, 0.2) is 53.7 Å². The van der Waals surface area contributed by atoms with Crippen LogP contribution in [0.1, 0.15) is 5.82 Å². The van der Waals surface area contributed by atoms with Gasteiger partial charge in [-0.05, 0) is 25.1 Å². The highest BCUT2D eigenvalue weighted by atomic mass is 32.2. The van der Waals surface area contributed by atoms with Crippen LogP contribution in [0, 0.1) is 17.0 Å². The standard InChI is InChI=1S/C18H15N5O3S/c1-12-19-17-13-6-2-3-7-14(13)20-18(22(17)21-12)27-11-10-26-16-9-5-4-8-15(16)23(24)25/h2-9H,10-11H2,1H3. The Balaban J connectivity index is 1.53. The van der Waals surface area contributed by atoms with Gasteiger partial charge in [0.25, 0.3) is 0 Å². The van der Waals surface area contributed by atoms with Crippen molar-refractivity contribution in [3.05, 3.63) is 64.5 Å². The summed E-state index contributed by atoms with van der Waals surface area (Å²) < 4.78 is 7.32. The molecule has 0 unspecified atom stereocenters. The molecule has 27 heavy (non-hydrogen) atoms. The van der Waals surface area contributed by atoms with Gasteiger partial charge in [0, 0.05) is 17.2 Å². The number of para-hydroxylation sites is 3. The lowest BCUT2D eigenvalue weighted by atomic mass is 10.2. The first-order chi connectivity index (χ1) is 13.1. The molecule has 2 aromatic carbocycles. The van der Waals surface area contributed by atoms with Crippen molar-refractivity contribution in [3.8, 4) is 5.75 Å². The van der Waals surface area contributed by atoms with Gasteiger partial charge in [-0.3, -0.25) is 10.1 Å². The molecule has 0 N–H and O–H groups in total. The predicted molar refractivity (Wildman–Crippen MR) is 102 cm³/mol. The number of nitro benzene ring substituents is 1. The van der Waals surface area contributed by atoms with E-state index in [1.54, 1.807) is 22.7 Å². The molecule has 9 heteroatoms. The number of ether oxygens (including phenoxy) is 1. The zero-order chi connectivity index (χ0) is 18.8. The number of rotatable bonds is 6. The molecule has 4 aromatic rings. The van der Waals surface area contributed by atoms with Crippen LogP contribution in [-0.2, 0) is 0 Å². The maximum Gasteiger partial charge on any atom is 0.310 e. The van der Waals surface area contributed by atoms with E-state index in [1.807, 2.05) is 31.2 Å². The highest BCUT2D eigenvalue weighted by Gasteiger charge is 2.15. The summed E-state index contributed by atoms with van der Waals surface area (Å²) in [6.07, 6.45) is 0. The molecule has 0 saturated heterocycles. The maximum atomic E-state index is 11.0. The summed E-state index contributed by atoms with van der Waals surface area (Å²) in [5.41, 5.74) is 1.57. The van der Waals surface area contributed by atoms with E-state index < -0.39 is 4.92 Å². The first-order valence-corrected chi connectivity index (χ1v) is 9.23. The van der Waals surface area contributed by atoms with Gasteiger partial charge in [0.1, 0.15) is 5.82 Å². The lowest BCUT2D eigenvalue weighted by Crippen LogP contribution is -2.05. The molecule has 0 aliphatic rings. The van der Waals surface area contributed by atoms with Gasteiger partial charge in [-0.2, -0.15) is 4.52 Å². The van der Waals surface area contributed by atoms with E-state index in [1.165, 1.54) is 17.8 Å². The van der Waals surface area contributed by atoms with Crippen molar-refractivity contribution in [1.82, 2.24) is 19.6 Å². The topological polar surface area (TPSA) is 95.5 Å². The number of fused-ring (bicyclic) bond motifs is 3. The Kier molecular flexibility index (Phi) is 4.59. The molecule has 2 heterocycles. The average molecular weight is 381 g/mol. The number of nitrogens with zero attached hydrogens (tertiary/aromatic N) is 5. The Labute approximate surface area is 158 Å². The predicted octanol–water partition coefficient (Wildman–Crippen LogP) is 3.67. The van der Waals surface area contributed by atoms with E-state index in [0.29, 0.717) is 23.3 Å². The van der Waals surface area contributed by atoms with Crippen molar-refractivity contribution in [2.45, 2.75) is 12.1 Å². The van der Waals surface area contributed by atoms with Crippen molar-refractivity contribution in [2.75, 3.05) is 12.4 Å². The summed E-state index contributed by atoms with van der Waals surface area (Å²) >= 11 is 1.47. The molecule has 0 aliphatic carbocycles. The summed E-state index contributed by atoms with van der Waals surface area (Å²) in [6.45, 7) is 2.15. The number of hydrogen-bond donors (Lipinski definition) is 0. The van der Waals surface area contributed by atoms with Gasteiger partial charge >= 0.3 is 5.69 Å². The molecular formula is C18H15N5O3S. The fourth-order valence-corrected chi connectivity index (χ4v) is 3.50. The molecule has 4 rings (SSSR count). The van der Waals surface area contributed by atoms with Gasteiger partial charge in [0.15, 0.2) is 16.6 Å². The Bertz CT molecular complexity index is 1140. The van der Waals surface area contributed by atoms with Gasteiger partial charge < -0.3 is 4.74 Å². The van der Waals surface area contributed by atoms with Crippen LogP contribution in [0.4, 0.5) is 5.69 Å². The largest absolute Gasteiger partial charge is 0.486 e. The number of nitro groups is 1. The summed E-state index contributed by atoms with van der Waals surface area (Å²) in [5, 5.41) is 17.1. The van der Waals surface area contributed by atoms with Crippen molar-refractivity contribution in [2.24, 2.45) is 0 Å². The van der Waals surface area contributed by atoms with Crippen LogP contribution in [-0.4, -0.2) is 36.9 Å². The minimum Gasteiger partial charge on any atom is -0.486 e. The summed E-state index contributed by atoms with van der Waals surface area (Å²) in [5.74, 6) is 1.49. The Morgan fingerprint density at radius 3 is 2.78 bits per heavy atom. The highest BCUT2D eigenvalue weighted by Crippen LogP contribution is 2.27. The summed E-state index contributed by atoms with van der Waals surface area (Å²) in [7, 11) is 0. The van der Waals surface area contributed by atoms with Crippen molar-refractivity contribution >= 4 is 34.0 Å². The molecule has 0 spiro atoms. The second-order valence-corrected chi connectivity index (χ2v) is 6.79. The van der Waals surface area contributed by atoms with Crippen LogP contribution < -0.4 is 4.74 Å². The third-order valence-corrected chi connectivity index (χ3v) is 4.78. The number of aryl methyl sites for hydroxylation is 1. The van der Waals surface area contributed by atoms with E-state index in [2.05, 4.69) is 15.1 Å². The van der Waals surface area contributed by atoms with E-state index in [-0.39, 0.29) is 11.4 Å². The maximum absolute atomic E-state index is 11.0. The summed E-state index contributed by atoms with van der Waals surface area (Å²) in [4.78, 5) is 19.8. The van der Waals surface area contributed by atoms with Crippen molar-refractivity contribution < 1.29 is 9.66 Å². The second kappa shape index (κ2) is 7.20. The molecule has 0 bridgehead atoms. The van der Waals surface area contributed by atoms with Crippen LogP contribution in [0.3, 0.4) is 0 Å². The van der Waals surface area contributed by atoms with E-state index in [0.717, 1.165) is 16.6 Å². The van der Waals surface area contributed by atoms with E-state index in [9.17, 15) is 10.1 Å². The van der Waals surface area contributed by atoms with E-state index in [4.69, 9.17) is 4.74 Å². The van der Waals surface area contributed by atoms with Gasteiger partial charge in [-0.15, -0.1) is 5.10 Å². The van der Waals surface area contributed by atoms with Crippen LogP contribution in [0.5, 0.6) is 5.75 Å².